The molecule has 1 saturated carbocycles. The maximum Gasteiger partial charge on any atom is 0.0518 e. The molecule has 0 aromatic rings. The van der Waals surface area contributed by atoms with Gasteiger partial charge in [0.2, 0.25) is 0 Å². The molecule has 2 heteroatoms. The maximum atomic E-state index is 5.46. The Bertz CT molecular complexity index is 115. The van der Waals surface area contributed by atoms with Crippen molar-refractivity contribution < 1.29 is 4.74 Å². The predicted molar refractivity (Wildman–Crippen MR) is 56.0 cm³/mol. The molecule has 13 heavy (non-hydrogen) atoms. The van der Waals surface area contributed by atoms with Crippen LogP contribution in [-0.4, -0.2) is 25.3 Å². The van der Waals surface area contributed by atoms with Crippen molar-refractivity contribution in [2.45, 2.75) is 58.1 Å². The molecule has 1 rings (SSSR count). The fourth-order valence-electron chi connectivity index (χ4n) is 1.32. The summed E-state index contributed by atoms with van der Waals surface area (Å²) >= 11 is 0. The van der Waals surface area contributed by atoms with Crippen molar-refractivity contribution in [3.8, 4) is 0 Å². The molecule has 78 valence electrons. The van der Waals surface area contributed by atoms with Crippen LogP contribution in [0.4, 0.5) is 0 Å². The van der Waals surface area contributed by atoms with Gasteiger partial charge in [-0.15, -0.1) is 0 Å². The minimum Gasteiger partial charge on any atom is -0.379 e. The summed E-state index contributed by atoms with van der Waals surface area (Å²) in [6.07, 6.45) is 7.01. The largest absolute Gasteiger partial charge is 0.379 e. The van der Waals surface area contributed by atoms with Crippen LogP contribution >= 0.6 is 0 Å². The van der Waals surface area contributed by atoms with Crippen molar-refractivity contribution >= 4 is 0 Å². The highest BCUT2D eigenvalue weighted by molar-refractivity contribution is 4.80. The van der Waals surface area contributed by atoms with E-state index in [2.05, 4.69) is 19.2 Å². The zero-order valence-corrected chi connectivity index (χ0v) is 9.01. The molecule has 0 atom stereocenters. The van der Waals surface area contributed by atoms with Crippen molar-refractivity contribution in [3.63, 3.8) is 0 Å². The van der Waals surface area contributed by atoms with Crippen LogP contribution in [0.1, 0.15) is 46.0 Å². The van der Waals surface area contributed by atoms with Gasteiger partial charge < -0.3 is 10.1 Å². The summed E-state index contributed by atoms with van der Waals surface area (Å²) in [5.74, 6) is 0. The third-order valence-electron chi connectivity index (χ3n) is 2.28. The van der Waals surface area contributed by atoms with Gasteiger partial charge in [-0.1, -0.05) is 0 Å². The SMILES string of the molecule is CC(C)OCCCCCNC1CC1. The Kier molecular flexibility index (Phi) is 5.40. The Morgan fingerprint density at radius 3 is 2.62 bits per heavy atom. The van der Waals surface area contributed by atoms with Gasteiger partial charge in [0.25, 0.3) is 0 Å². The lowest BCUT2D eigenvalue weighted by atomic mass is 10.2. The normalized spacial score (nSPS) is 16.8. The lowest BCUT2D eigenvalue weighted by molar-refractivity contribution is 0.0758. The molecule has 0 amide bonds. The fourth-order valence-corrected chi connectivity index (χ4v) is 1.32. The van der Waals surface area contributed by atoms with Gasteiger partial charge in [0.1, 0.15) is 0 Å². The summed E-state index contributed by atoms with van der Waals surface area (Å²) < 4.78 is 5.46. The Labute approximate surface area is 82.0 Å². The van der Waals surface area contributed by atoms with Gasteiger partial charge in [-0.25, -0.2) is 0 Å². The van der Waals surface area contributed by atoms with Crippen LogP contribution in [0, 0.1) is 0 Å². The number of hydrogen-bond acceptors (Lipinski definition) is 2. The first-order chi connectivity index (χ1) is 6.29. The zero-order chi connectivity index (χ0) is 9.52. The number of nitrogens with one attached hydrogen (secondary N) is 1. The van der Waals surface area contributed by atoms with Gasteiger partial charge in [0.15, 0.2) is 0 Å². The van der Waals surface area contributed by atoms with E-state index in [1.807, 2.05) is 0 Å². The molecule has 0 aromatic heterocycles. The number of ether oxygens (including phenoxy) is 1. The highest BCUT2D eigenvalue weighted by Crippen LogP contribution is 2.18. The van der Waals surface area contributed by atoms with Gasteiger partial charge in [-0.05, 0) is 52.5 Å². The summed E-state index contributed by atoms with van der Waals surface area (Å²) in [6, 6.07) is 0.868. The molecule has 1 aliphatic carbocycles. The van der Waals surface area contributed by atoms with E-state index in [0.29, 0.717) is 6.10 Å². The summed E-state index contributed by atoms with van der Waals surface area (Å²) in [7, 11) is 0. The lowest BCUT2D eigenvalue weighted by Crippen LogP contribution is -2.17. The highest BCUT2D eigenvalue weighted by atomic mass is 16.5. The van der Waals surface area contributed by atoms with E-state index in [1.165, 1.54) is 38.6 Å². The smallest absolute Gasteiger partial charge is 0.0518 e. The molecule has 1 aliphatic rings. The molecule has 2 nitrogen and oxygen atoms in total. The van der Waals surface area contributed by atoms with E-state index >= 15 is 0 Å². The summed E-state index contributed by atoms with van der Waals surface area (Å²) in [5.41, 5.74) is 0. The molecule has 0 bridgehead atoms. The summed E-state index contributed by atoms with van der Waals surface area (Å²) in [4.78, 5) is 0. The van der Waals surface area contributed by atoms with Crippen LogP contribution in [0.25, 0.3) is 0 Å². The third-order valence-corrected chi connectivity index (χ3v) is 2.28. The van der Waals surface area contributed by atoms with E-state index < -0.39 is 0 Å². The second-order valence-corrected chi connectivity index (χ2v) is 4.21. The minimum absolute atomic E-state index is 0.393. The van der Waals surface area contributed by atoms with Crippen molar-refractivity contribution in [1.82, 2.24) is 5.32 Å². The monoisotopic (exact) mass is 185 g/mol. The molecule has 0 saturated heterocycles. The van der Waals surface area contributed by atoms with Gasteiger partial charge in [-0.2, -0.15) is 0 Å². The zero-order valence-electron chi connectivity index (χ0n) is 9.01. The first-order valence-corrected chi connectivity index (χ1v) is 5.64. The lowest BCUT2D eigenvalue weighted by Gasteiger charge is -2.07. The van der Waals surface area contributed by atoms with Crippen LogP contribution in [0.15, 0.2) is 0 Å². The van der Waals surface area contributed by atoms with Crippen molar-refractivity contribution in [2.75, 3.05) is 13.2 Å². The van der Waals surface area contributed by atoms with Crippen LogP contribution < -0.4 is 5.32 Å². The standard InChI is InChI=1S/C11H23NO/c1-10(2)13-9-5-3-4-8-12-11-6-7-11/h10-12H,3-9H2,1-2H3. The first kappa shape index (κ1) is 11.0. The maximum absolute atomic E-state index is 5.46. The minimum atomic E-state index is 0.393. The van der Waals surface area contributed by atoms with Crippen LogP contribution in [-0.2, 0) is 4.74 Å². The molecule has 0 aliphatic heterocycles. The van der Waals surface area contributed by atoms with Crippen LogP contribution in [0.5, 0.6) is 0 Å². The van der Waals surface area contributed by atoms with E-state index in [0.717, 1.165) is 12.6 Å². The summed E-state index contributed by atoms with van der Waals surface area (Å²) in [5, 5.41) is 3.52. The number of rotatable bonds is 8. The van der Waals surface area contributed by atoms with Crippen LogP contribution in [0.2, 0.25) is 0 Å². The number of unbranched alkanes of at least 4 members (excludes halogenated alkanes) is 2. The highest BCUT2D eigenvalue weighted by Gasteiger charge is 2.19. The molecule has 0 heterocycles. The van der Waals surface area contributed by atoms with Crippen molar-refractivity contribution in [3.05, 3.63) is 0 Å². The Morgan fingerprint density at radius 2 is 2.00 bits per heavy atom. The van der Waals surface area contributed by atoms with Crippen molar-refractivity contribution in [1.29, 1.82) is 0 Å². The molecule has 1 fully saturated rings. The van der Waals surface area contributed by atoms with Gasteiger partial charge in [0, 0.05) is 12.6 Å². The van der Waals surface area contributed by atoms with E-state index in [4.69, 9.17) is 4.74 Å². The number of hydrogen-bond donors (Lipinski definition) is 1. The topological polar surface area (TPSA) is 21.3 Å². The molecule has 0 unspecified atom stereocenters. The average Bonchev–Trinajstić information content (AvgIpc) is 2.86. The third kappa shape index (κ3) is 7.03. The second kappa shape index (κ2) is 6.39. The Hall–Kier alpha value is -0.0800. The molecular formula is C11H23NO. The quantitative estimate of drug-likeness (QED) is 0.586. The average molecular weight is 185 g/mol. The second-order valence-electron chi connectivity index (χ2n) is 4.21. The van der Waals surface area contributed by atoms with Gasteiger partial charge >= 0.3 is 0 Å². The molecular weight excluding hydrogens is 162 g/mol. The van der Waals surface area contributed by atoms with Gasteiger partial charge in [0.05, 0.1) is 6.10 Å². The fraction of sp³-hybridized carbons (Fsp3) is 1.00. The predicted octanol–water partition coefficient (Wildman–Crippen LogP) is 2.33. The molecule has 0 radical (unpaired) electrons. The first-order valence-electron chi connectivity index (χ1n) is 5.64. The summed E-state index contributed by atoms with van der Waals surface area (Å²) in [6.45, 7) is 6.32. The van der Waals surface area contributed by atoms with Crippen molar-refractivity contribution in [2.24, 2.45) is 0 Å². The van der Waals surface area contributed by atoms with E-state index in [9.17, 15) is 0 Å². The van der Waals surface area contributed by atoms with Crippen LogP contribution in [0.3, 0.4) is 0 Å². The Balaban J connectivity index is 1.68. The van der Waals surface area contributed by atoms with E-state index in [1.54, 1.807) is 0 Å². The molecule has 0 spiro atoms. The van der Waals surface area contributed by atoms with E-state index in [-0.39, 0.29) is 0 Å². The molecule has 1 N–H and O–H groups in total. The Morgan fingerprint density at radius 1 is 1.23 bits per heavy atom. The molecule has 0 aromatic carbocycles. The van der Waals surface area contributed by atoms with Gasteiger partial charge in [-0.3, -0.25) is 0 Å².